The Hall–Kier alpha value is -1.95. The zero-order valence-electron chi connectivity index (χ0n) is 9.39. The normalized spacial score (nSPS) is 10.2. The van der Waals surface area contributed by atoms with Gasteiger partial charge in [0.05, 0.1) is 11.3 Å². The molecule has 0 radical (unpaired) electrons. The van der Waals surface area contributed by atoms with E-state index in [1.54, 1.807) is 0 Å². The van der Waals surface area contributed by atoms with Gasteiger partial charge in [0.25, 0.3) is 0 Å². The lowest BCUT2D eigenvalue weighted by atomic mass is 10.3. The molecule has 0 fully saturated rings. The summed E-state index contributed by atoms with van der Waals surface area (Å²) in [6.07, 6.45) is 1.46. The van der Waals surface area contributed by atoms with Crippen LogP contribution in [0.25, 0.3) is 0 Å². The standard InChI is InChI=1S/C11H11N3O2S/c1-6-7(2)17-11(13-6)14-9-5-8(10(15)16)3-4-12-9/h3-5H,1-2H3,(H,15,16)(H,12,13,14). The summed E-state index contributed by atoms with van der Waals surface area (Å²) in [5.74, 6) is -0.486. The van der Waals surface area contributed by atoms with Gasteiger partial charge >= 0.3 is 5.97 Å². The van der Waals surface area contributed by atoms with E-state index in [0.717, 1.165) is 15.7 Å². The molecule has 0 aromatic carbocycles. The molecule has 2 aromatic heterocycles. The van der Waals surface area contributed by atoms with Crippen LogP contribution >= 0.6 is 11.3 Å². The average molecular weight is 249 g/mol. The van der Waals surface area contributed by atoms with Crippen molar-refractivity contribution in [3.8, 4) is 0 Å². The van der Waals surface area contributed by atoms with E-state index in [4.69, 9.17) is 5.11 Å². The number of anilines is 2. The van der Waals surface area contributed by atoms with Gasteiger partial charge in [-0.3, -0.25) is 0 Å². The third kappa shape index (κ3) is 2.59. The minimum absolute atomic E-state index is 0.201. The molecule has 0 bridgehead atoms. The number of carboxylic acid groups (broad SMARTS) is 1. The molecule has 0 aliphatic carbocycles. The molecule has 2 rings (SSSR count). The molecule has 0 atom stereocenters. The average Bonchev–Trinajstić information content (AvgIpc) is 2.58. The van der Waals surface area contributed by atoms with Gasteiger partial charge in [-0.25, -0.2) is 14.8 Å². The summed E-state index contributed by atoms with van der Waals surface area (Å²) in [6, 6.07) is 2.93. The van der Waals surface area contributed by atoms with Gasteiger partial charge in [-0.05, 0) is 26.0 Å². The smallest absolute Gasteiger partial charge is 0.335 e. The molecule has 0 saturated carbocycles. The van der Waals surface area contributed by atoms with E-state index >= 15 is 0 Å². The van der Waals surface area contributed by atoms with Gasteiger partial charge in [0.1, 0.15) is 5.82 Å². The molecule has 0 spiro atoms. The molecule has 0 amide bonds. The molecule has 2 heterocycles. The molecular weight excluding hydrogens is 238 g/mol. The number of pyridine rings is 1. The second-order valence-corrected chi connectivity index (χ2v) is 4.72. The number of hydrogen-bond donors (Lipinski definition) is 2. The fourth-order valence-corrected chi connectivity index (χ4v) is 2.09. The van der Waals surface area contributed by atoms with Gasteiger partial charge in [-0.2, -0.15) is 0 Å². The van der Waals surface area contributed by atoms with Crippen molar-refractivity contribution >= 4 is 28.3 Å². The highest BCUT2D eigenvalue weighted by Crippen LogP contribution is 2.24. The Morgan fingerprint density at radius 3 is 2.82 bits per heavy atom. The van der Waals surface area contributed by atoms with E-state index in [-0.39, 0.29) is 5.56 Å². The monoisotopic (exact) mass is 249 g/mol. The Morgan fingerprint density at radius 1 is 1.47 bits per heavy atom. The van der Waals surface area contributed by atoms with Crippen molar-refractivity contribution in [3.05, 3.63) is 34.5 Å². The number of rotatable bonds is 3. The first kappa shape index (κ1) is 11.5. The van der Waals surface area contributed by atoms with Crippen LogP contribution in [0, 0.1) is 13.8 Å². The summed E-state index contributed by atoms with van der Waals surface area (Å²) in [5.41, 5.74) is 1.17. The summed E-state index contributed by atoms with van der Waals surface area (Å²) >= 11 is 1.51. The number of nitrogens with one attached hydrogen (secondary N) is 1. The van der Waals surface area contributed by atoms with E-state index in [9.17, 15) is 4.79 Å². The number of aromatic nitrogens is 2. The topological polar surface area (TPSA) is 75.1 Å². The van der Waals surface area contributed by atoms with Crippen LogP contribution in [0.15, 0.2) is 18.3 Å². The van der Waals surface area contributed by atoms with Crippen LogP contribution < -0.4 is 5.32 Å². The number of hydrogen-bond acceptors (Lipinski definition) is 5. The minimum Gasteiger partial charge on any atom is -0.478 e. The lowest BCUT2D eigenvalue weighted by Gasteiger charge is -2.01. The Balaban J connectivity index is 2.24. The Morgan fingerprint density at radius 2 is 2.24 bits per heavy atom. The highest BCUT2D eigenvalue weighted by atomic mass is 32.1. The van der Waals surface area contributed by atoms with E-state index in [2.05, 4.69) is 15.3 Å². The van der Waals surface area contributed by atoms with Crippen molar-refractivity contribution in [2.75, 3.05) is 5.32 Å². The van der Waals surface area contributed by atoms with Crippen LogP contribution in [-0.4, -0.2) is 21.0 Å². The van der Waals surface area contributed by atoms with Crippen molar-refractivity contribution < 1.29 is 9.90 Å². The fourth-order valence-electron chi connectivity index (χ4n) is 1.27. The molecule has 0 unspecified atom stereocenters. The van der Waals surface area contributed by atoms with Crippen molar-refractivity contribution in [1.29, 1.82) is 0 Å². The highest BCUT2D eigenvalue weighted by Gasteiger charge is 2.07. The maximum absolute atomic E-state index is 10.8. The lowest BCUT2D eigenvalue weighted by Crippen LogP contribution is -1.99. The van der Waals surface area contributed by atoms with Gasteiger partial charge in [-0.1, -0.05) is 0 Å². The number of aromatic carboxylic acids is 1. The Bertz CT molecular complexity index is 546. The summed E-state index contributed by atoms with van der Waals surface area (Å²) < 4.78 is 0. The molecule has 0 aliphatic heterocycles. The first-order valence-corrected chi connectivity index (χ1v) is 5.78. The third-order valence-electron chi connectivity index (χ3n) is 2.27. The van der Waals surface area contributed by atoms with Crippen LogP contribution in [0.5, 0.6) is 0 Å². The van der Waals surface area contributed by atoms with Crippen LogP contribution in [-0.2, 0) is 0 Å². The van der Waals surface area contributed by atoms with E-state index in [1.165, 1.54) is 29.7 Å². The molecule has 6 heteroatoms. The summed E-state index contributed by atoms with van der Waals surface area (Å²) in [6.45, 7) is 3.91. The van der Waals surface area contributed by atoms with Gasteiger partial charge in [0, 0.05) is 11.1 Å². The summed E-state index contributed by atoms with van der Waals surface area (Å²) in [4.78, 5) is 20.3. The second kappa shape index (κ2) is 4.50. The lowest BCUT2D eigenvalue weighted by molar-refractivity contribution is 0.0697. The number of nitrogens with zero attached hydrogens (tertiary/aromatic N) is 2. The first-order valence-electron chi connectivity index (χ1n) is 4.96. The zero-order chi connectivity index (χ0) is 12.4. The first-order chi connectivity index (χ1) is 8.06. The Labute approximate surface area is 102 Å². The number of carboxylic acids is 1. The van der Waals surface area contributed by atoms with Crippen molar-refractivity contribution in [2.24, 2.45) is 0 Å². The SMILES string of the molecule is Cc1nc(Nc2cc(C(=O)O)ccn2)sc1C. The van der Waals surface area contributed by atoms with E-state index < -0.39 is 5.97 Å². The maximum Gasteiger partial charge on any atom is 0.335 e. The van der Waals surface area contributed by atoms with Gasteiger partial charge in [-0.15, -0.1) is 11.3 Å². The number of thiazole rings is 1. The van der Waals surface area contributed by atoms with Crippen LogP contribution in [0.2, 0.25) is 0 Å². The van der Waals surface area contributed by atoms with Crippen molar-refractivity contribution in [1.82, 2.24) is 9.97 Å². The Kier molecular flexibility index (Phi) is 3.06. The molecule has 17 heavy (non-hydrogen) atoms. The summed E-state index contributed by atoms with van der Waals surface area (Å²) in [7, 11) is 0. The second-order valence-electron chi connectivity index (χ2n) is 3.52. The molecule has 5 nitrogen and oxygen atoms in total. The number of carbonyl (C=O) groups is 1. The quantitative estimate of drug-likeness (QED) is 0.874. The van der Waals surface area contributed by atoms with Crippen molar-refractivity contribution in [2.45, 2.75) is 13.8 Å². The number of aryl methyl sites for hydroxylation is 2. The molecule has 88 valence electrons. The highest BCUT2D eigenvalue weighted by molar-refractivity contribution is 7.15. The summed E-state index contributed by atoms with van der Waals surface area (Å²) in [5, 5.41) is 12.6. The van der Waals surface area contributed by atoms with Gasteiger partial charge < -0.3 is 10.4 Å². The molecular formula is C11H11N3O2S. The van der Waals surface area contributed by atoms with Crippen molar-refractivity contribution in [3.63, 3.8) is 0 Å². The van der Waals surface area contributed by atoms with Crippen LogP contribution in [0.4, 0.5) is 10.9 Å². The predicted molar refractivity (Wildman–Crippen MR) is 66.1 cm³/mol. The molecule has 2 N–H and O–H groups in total. The van der Waals surface area contributed by atoms with E-state index in [0.29, 0.717) is 5.82 Å². The third-order valence-corrected chi connectivity index (χ3v) is 3.26. The molecule has 0 saturated heterocycles. The van der Waals surface area contributed by atoms with Crippen LogP contribution in [0.3, 0.4) is 0 Å². The predicted octanol–water partition coefficient (Wildman–Crippen LogP) is 2.60. The molecule has 2 aromatic rings. The zero-order valence-corrected chi connectivity index (χ0v) is 10.2. The fraction of sp³-hybridized carbons (Fsp3) is 0.182. The van der Waals surface area contributed by atoms with Gasteiger partial charge in [0.2, 0.25) is 0 Å². The van der Waals surface area contributed by atoms with Gasteiger partial charge in [0.15, 0.2) is 5.13 Å². The van der Waals surface area contributed by atoms with Crippen LogP contribution in [0.1, 0.15) is 20.9 Å². The largest absolute Gasteiger partial charge is 0.478 e. The van der Waals surface area contributed by atoms with E-state index in [1.807, 2.05) is 13.8 Å². The maximum atomic E-state index is 10.8. The molecule has 0 aliphatic rings. The minimum atomic E-state index is -0.970.